The Morgan fingerprint density at radius 3 is 2.61 bits per heavy atom. The molecule has 0 heterocycles. The van der Waals surface area contributed by atoms with E-state index in [9.17, 15) is 0 Å². The van der Waals surface area contributed by atoms with E-state index in [4.69, 9.17) is 14.7 Å². The van der Waals surface area contributed by atoms with Gasteiger partial charge in [-0.2, -0.15) is 0 Å². The summed E-state index contributed by atoms with van der Waals surface area (Å²) in [7, 11) is 1.58. The summed E-state index contributed by atoms with van der Waals surface area (Å²) in [6, 6.07) is 19.7. The van der Waals surface area contributed by atoms with Crippen molar-refractivity contribution in [3.05, 3.63) is 71.8 Å². The molecule has 1 N–H and O–H groups in total. The van der Waals surface area contributed by atoms with Gasteiger partial charge in [-0.3, -0.25) is 0 Å². The summed E-state index contributed by atoms with van der Waals surface area (Å²) in [6.07, 6.45) is 1.33. The van der Waals surface area contributed by atoms with Gasteiger partial charge in [0.1, 0.15) is 6.61 Å². The van der Waals surface area contributed by atoms with Crippen molar-refractivity contribution in [3.8, 4) is 11.5 Å². The van der Waals surface area contributed by atoms with Crippen LogP contribution in [0.5, 0.6) is 11.5 Å². The number of ether oxygens (including phenoxy) is 2. The van der Waals surface area contributed by atoms with Crippen molar-refractivity contribution in [2.75, 3.05) is 7.11 Å². The Hall–Kier alpha value is -3.01. The van der Waals surface area contributed by atoms with Gasteiger partial charge in [0.2, 0.25) is 0 Å². The number of benzene rings is 3. The molecule has 0 bridgehead atoms. The van der Waals surface area contributed by atoms with Gasteiger partial charge in [-0.1, -0.05) is 53.7 Å². The second-order valence-electron chi connectivity index (χ2n) is 5.05. The fourth-order valence-corrected chi connectivity index (χ4v) is 2.58. The molecule has 3 rings (SSSR count). The topological polar surface area (TPSA) is 51.0 Å². The zero-order valence-electron chi connectivity index (χ0n) is 12.8. The molecule has 116 valence electrons. The Morgan fingerprint density at radius 2 is 1.78 bits per heavy atom. The van der Waals surface area contributed by atoms with Crippen molar-refractivity contribution in [1.82, 2.24) is 0 Å². The van der Waals surface area contributed by atoms with Gasteiger partial charge in [-0.25, -0.2) is 0 Å². The third-order valence-corrected chi connectivity index (χ3v) is 3.68. The zero-order valence-corrected chi connectivity index (χ0v) is 12.8. The summed E-state index contributed by atoms with van der Waals surface area (Å²) in [4.78, 5) is 0. The SMILES string of the molecule is COc1cccc(/C=N\O)c1OCc1cccc2ccccc12. The summed E-state index contributed by atoms with van der Waals surface area (Å²) in [6.45, 7) is 0.397. The van der Waals surface area contributed by atoms with E-state index < -0.39 is 0 Å². The lowest BCUT2D eigenvalue weighted by Crippen LogP contribution is -2.01. The smallest absolute Gasteiger partial charge is 0.170 e. The van der Waals surface area contributed by atoms with E-state index in [0.29, 0.717) is 23.7 Å². The lowest BCUT2D eigenvalue weighted by atomic mass is 10.1. The number of methoxy groups -OCH3 is 1. The van der Waals surface area contributed by atoms with Gasteiger partial charge in [0.25, 0.3) is 0 Å². The Labute approximate surface area is 134 Å². The molecule has 0 saturated heterocycles. The molecular weight excluding hydrogens is 290 g/mol. The van der Waals surface area contributed by atoms with Gasteiger partial charge in [0.05, 0.1) is 13.3 Å². The fourth-order valence-electron chi connectivity index (χ4n) is 2.58. The third-order valence-electron chi connectivity index (χ3n) is 3.68. The highest BCUT2D eigenvalue weighted by Crippen LogP contribution is 2.31. The van der Waals surface area contributed by atoms with E-state index in [1.807, 2.05) is 36.4 Å². The molecule has 0 atom stereocenters. The first kappa shape index (κ1) is 14.9. The Balaban J connectivity index is 1.94. The van der Waals surface area contributed by atoms with Gasteiger partial charge in [-0.05, 0) is 28.5 Å². The largest absolute Gasteiger partial charge is 0.493 e. The molecule has 0 amide bonds. The van der Waals surface area contributed by atoms with E-state index >= 15 is 0 Å². The van der Waals surface area contributed by atoms with Crippen LogP contribution in [0.2, 0.25) is 0 Å². The normalized spacial score (nSPS) is 11.0. The number of hydrogen-bond acceptors (Lipinski definition) is 4. The second-order valence-corrected chi connectivity index (χ2v) is 5.05. The standard InChI is InChI=1S/C19H17NO3/c1-22-18-11-5-8-15(12-20-21)19(18)23-13-16-9-4-7-14-6-2-3-10-17(14)16/h2-12,21H,13H2,1H3/b20-12-. The summed E-state index contributed by atoms with van der Waals surface area (Å²) in [5, 5.41) is 14.2. The van der Waals surface area contributed by atoms with Gasteiger partial charge in [0.15, 0.2) is 11.5 Å². The first-order chi connectivity index (χ1) is 11.3. The lowest BCUT2D eigenvalue weighted by molar-refractivity contribution is 0.284. The Bertz CT molecular complexity index is 838. The third kappa shape index (κ3) is 3.11. The van der Waals surface area contributed by atoms with Gasteiger partial charge < -0.3 is 14.7 Å². The van der Waals surface area contributed by atoms with E-state index in [-0.39, 0.29) is 0 Å². The summed E-state index contributed by atoms with van der Waals surface area (Å²) in [5.74, 6) is 1.16. The molecule has 3 aromatic rings. The minimum absolute atomic E-state index is 0.397. The lowest BCUT2D eigenvalue weighted by Gasteiger charge is -2.14. The van der Waals surface area contributed by atoms with Crippen molar-refractivity contribution in [2.45, 2.75) is 6.61 Å². The molecule has 0 spiro atoms. The van der Waals surface area contributed by atoms with Gasteiger partial charge in [-0.15, -0.1) is 0 Å². The monoisotopic (exact) mass is 307 g/mol. The van der Waals surface area contributed by atoms with Crippen LogP contribution in [0, 0.1) is 0 Å². The van der Waals surface area contributed by atoms with E-state index in [2.05, 4.69) is 23.4 Å². The number of oxime groups is 1. The van der Waals surface area contributed by atoms with Crippen molar-refractivity contribution in [3.63, 3.8) is 0 Å². The molecule has 4 nitrogen and oxygen atoms in total. The quantitative estimate of drug-likeness (QED) is 0.436. The predicted molar refractivity (Wildman–Crippen MR) is 90.7 cm³/mol. The van der Waals surface area contributed by atoms with Gasteiger partial charge >= 0.3 is 0 Å². The van der Waals surface area contributed by atoms with Crippen LogP contribution in [-0.4, -0.2) is 18.5 Å². The zero-order chi connectivity index (χ0) is 16.1. The first-order valence-corrected chi connectivity index (χ1v) is 7.27. The van der Waals surface area contributed by atoms with Crippen LogP contribution in [0.15, 0.2) is 65.8 Å². The maximum Gasteiger partial charge on any atom is 0.170 e. The van der Waals surface area contributed by atoms with Crippen molar-refractivity contribution in [2.24, 2.45) is 5.16 Å². The highest BCUT2D eigenvalue weighted by atomic mass is 16.5. The van der Waals surface area contributed by atoms with Gasteiger partial charge in [0, 0.05) is 5.56 Å². The van der Waals surface area contributed by atoms with Crippen LogP contribution >= 0.6 is 0 Å². The average Bonchev–Trinajstić information content (AvgIpc) is 2.60. The maximum atomic E-state index is 8.81. The summed E-state index contributed by atoms with van der Waals surface area (Å²) in [5.41, 5.74) is 1.74. The van der Waals surface area contributed by atoms with Crippen LogP contribution in [0.4, 0.5) is 0 Å². The van der Waals surface area contributed by atoms with Crippen molar-refractivity contribution >= 4 is 17.0 Å². The molecule has 23 heavy (non-hydrogen) atoms. The van der Waals surface area contributed by atoms with E-state index in [1.165, 1.54) is 11.6 Å². The van der Waals surface area contributed by atoms with Crippen LogP contribution in [0.25, 0.3) is 10.8 Å². The molecule has 0 aliphatic heterocycles. The molecule has 4 heteroatoms. The van der Waals surface area contributed by atoms with Crippen LogP contribution < -0.4 is 9.47 Å². The fraction of sp³-hybridized carbons (Fsp3) is 0.105. The predicted octanol–water partition coefficient (Wildman–Crippen LogP) is 4.24. The molecule has 0 saturated carbocycles. The second kappa shape index (κ2) is 6.83. The molecule has 0 fully saturated rings. The molecule has 0 unspecified atom stereocenters. The first-order valence-electron chi connectivity index (χ1n) is 7.27. The number of hydrogen-bond donors (Lipinski definition) is 1. The molecular formula is C19H17NO3. The molecule has 0 aliphatic rings. The number of fused-ring (bicyclic) bond motifs is 1. The van der Waals surface area contributed by atoms with Crippen LogP contribution in [0.1, 0.15) is 11.1 Å². The average molecular weight is 307 g/mol. The Morgan fingerprint density at radius 1 is 1.00 bits per heavy atom. The minimum atomic E-state index is 0.397. The summed E-state index contributed by atoms with van der Waals surface area (Å²) >= 11 is 0. The van der Waals surface area contributed by atoms with Crippen LogP contribution in [0.3, 0.4) is 0 Å². The van der Waals surface area contributed by atoms with E-state index in [1.54, 1.807) is 13.2 Å². The minimum Gasteiger partial charge on any atom is -0.493 e. The number of rotatable bonds is 5. The highest BCUT2D eigenvalue weighted by Gasteiger charge is 2.10. The Kier molecular flexibility index (Phi) is 4.43. The number of nitrogens with zero attached hydrogens (tertiary/aromatic N) is 1. The summed E-state index contributed by atoms with van der Waals surface area (Å²) < 4.78 is 11.3. The van der Waals surface area contributed by atoms with E-state index in [0.717, 1.165) is 10.9 Å². The maximum absolute atomic E-state index is 8.81. The molecule has 0 radical (unpaired) electrons. The molecule has 0 aromatic heterocycles. The highest BCUT2D eigenvalue weighted by molar-refractivity contribution is 5.86. The number of para-hydroxylation sites is 1. The molecule has 0 aliphatic carbocycles. The van der Waals surface area contributed by atoms with Crippen molar-refractivity contribution in [1.29, 1.82) is 0 Å². The molecule has 3 aromatic carbocycles. The van der Waals surface area contributed by atoms with Crippen LogP contribution in [-0.2, 0) is 6.61 Å². The van der Waals surface area contributed by atoms with Crippen molar-refractivity contribution < 1.29 is 14.7 Å².